The summed E-state index contributed by atoms with van der Waals surface area (Å²) < 4.78 is 12.2. The summed E-state index contributed by atoms with van der Waals surface area (Å²) in [6.45, 7) is 2.42. The summed E-state index contributed by atoms with van der Waals surface area (Å²) >= 11 is 10.4. The molecule has 0 unspecified atom stereocenters. The number of nitrogens with zero attached hydrogens (tertiary/aromatic N) is 1. The molecule has 8 heteroatoms. The van der Waals surface area contributed by atoms with Gasteiger partial charge in [0.25, 0.3) is 11.1 Å². The summed E-state index contributed by atoms with van der Waals surface area (Å²) in [6.07, 6.45) is 1.66. The molecule has 1 aliphatic rings. The molecule has 0 atom stereocenters. The Morgan fingerprint density at radius 3 is 2.58 bits per heavy atom. The topological polar surface area (TPSA) is 55.8 Å². The molecule has 1 saturated heterocycles. The van der Waals surface area contributed by atoms with Crippen LogP contribution >= 0.6 is 39.3 Å². The molecule has 33 heavy (non-hydrogen) atoms. The van der Waals surface area contributed by atoms with Crippen molar-refractivity contribution in [2.45, 2.75) is 13.5 Å². The average Bonchev–Trinajstić information content (AvgIpc) is 3.06. The number of imide groups is 1. The molecular weight excluding hydrogens is 526 g/mol. The highest BCUT2D eigenvalue weighted by atomic mass is 79.9. The van der Waals surface area contributed by atoms with E-state index in [2.05, 4.69) is 22.0 Å². The molecule has 0 saturated carbocycles. The predicted molar refractivity (Wildman–Crippen MR) is 136 cm³/mol. The molecule has 3 aromatic rings. The highest BCUT2D eigenvalue weighted by Gasteiger charge is 2.36. The SMILES string of the molecule is COc1cc(/C=C2/SC(=O)N(c3cccc(Cl)c3)C2=O)c(Br)cc1OCc1cccc(C)c1. The van der Waals surface area contributed by atoms with E-state index in [1.807, 2.05) is 25.1 Å². The van der Waals surface area contributed by atoms with Crippen LogP contribution in [0.2, 0.25) is 5.02 Å². The zero-order chi connectivity index (χ0) is 23.5. The Bertz CT molecular complexity index is 1280. The third-order valence-electron chi connectivity index (χ3n) is 4.91. The van der Waals surface area contributed by atoms with Crippen LogP contribution in [0.3, 0.4) is 0 Å². The van der Waals surface area contributed by atoms with Gasteiger partial charge < -0.3 is 9.47 Å². The molecule has 168 valence electrons. The van der Waals surface area contributed by atoms with Crippen LogP contribution in [0.15, 0.2) is 70.0 Å². The summed E-state index contributed by atoms with van der Waals surface area (Å²) in [5.41, 5.74) is 3.33. The number of amides is 2. The van der Waals surface area contributed by atoms with E-state index < -0.39 is 5.91 Å². The van der Waals surface area contributed by atoms with Gasteiger partial charge in [0.05, 0.1) is 17.7 Å². The molecule has 4 rings (SSSR count). The molecular formula is C25H19BrClNO4S. The van der Waals surface area contributed by atoms with Crippen LogP contribution in [-0.4, -0.2) is 18.3 Å². The van der Waals surface area contributed by atoms with Crippen molar-refractivity contribution in [3.63, 3.8) is 0 Å². The summed E-state index contributed by atoms with van der Waals surface area (Å²) in [5, 5.41) is 0.0685. The molecule has 0 bridgehead atoms. The summed E-state index contributed by atoms with van der Waals surface area (Å²) in [5.74, 6) is 0.680. The number of carbonyl (C=O) groups is 2. The van der Waals surface area contributed by atoms with Crippen LogP contribution in [0.5, 0.6) is 11.5 Å². The van der Waals surface area contributed by atoms with E-state index in [1.165, 1.54) is 0 Å². The van der Waals surface area contributed by atoms with Crippen molar-refractivity contribution in [2.24, 2.45) is 0 Å². The molecule has 0 spiro atoms. The van der Waals surface area contributed by atoms with Gasteiger partial charge in [-0.1, -0.05) is 63.4 Å². The van der Waals surface area contributed by atoms with Crippen LogP contribution in [0.1, 0.15) is 16.7 Å². The monoisotopic (exact) mass is 543 g/mol. The van der Waals surface area contributed by atoms with Gasteiger partial charge in [0.15, 0.2) is 11.5 Å². The van der Waals surface area contributed by atoms with E-state index in [0.29, 0.717) is 43.8 Å². The van der Waals surface area contributed by atoms with Gasteiger partial charge in [0, 0.05) is 9.50 Å². The van der Waals surface area contributed by atoms with E-state index in [1.54, 1.807) is 49.6 Å². The van der Waals surface area contributed by atoms with E-state index in [9.17, 15) is 9.59 Å². The zero-order valence-electron chi connectivity index (χ0n) is 17.8. The van der Waals surface area contributed by atoms with Crippen LogP contribution in [0.4, 0.5) is 10.5 Å². The Morgan fingerprint density at radius 1 is 1.06 bits per heavy atom. The predicted octanol–water partition coefficient (Wildman–Crippen LogP) is 7.24. The second-order valence-electron chi connectivity index (χ2n) is 7.30. The Kier molecular flexibility index (Phi) is 7.12. The van der Waals surface area contributed by atoms with Gasteiger partial charge in [-0.15, -0.1) is 0 Å². The van der Waals surface area contributed by atoms with Crippen LogP contribution < -0.4 is 14.4 Å². The minimum atomic E-state index is -0.405. The molecule has 1 aliphatic heterocycles. The largest absolute Gasteiger partial charge is 0.493 e. The zero-order valence-corrected chi connectivity index (χ0v) is 21.0. The van der Waals surface area contributed by atoms with Crippen molar-refractivity contribution < 1.29 is 19.1 Å². The first-order valence-corrected chi connectivity index (χ1v) is 11.9. The van der Waals surface area contributed by atoms with Crippen molar-refractivity contribution in [3.8, 4) is 11.5 Å². The Hall–Kier alpha value is -2.74. The molecule has 0 N–H and O–H groups in total. The van der Waals surface area contributed by atoms with Crippen molar-refractivity contribution in [3.05, 3.63) is 91.8 Å². The maximum Gasteiger partial charge on any atom is 0.298 e. The van der Waals surface area contributed by atoms with Gasteiger partial charge in [-0.25, -0.2) is 4.90 Å². The van der Waals surface area contributed by atoms with Gasteiger partial charge in [-0.05, 0) is 66.2 Å². The maximum absolute atomic E-state index is 13.0. The first kappa shape index (κ1) is 23.4. The highest BCUT2D eigenvalue weighted by molar-refractivity contribution is 9.10. The molecule has 0 aromatic heterocycles. The molecule has 1 heterocycles. The molecule has 0 aliphatic carbocycles. The van der Waals surface area contributed by atoms with E-state index >= 15 is 0 Å². The quantitative estimate of drug-likeness (QED) is 0.306. The summed E-state index contributed by atoms with van der Waals surface area (Å²) in [7, 11) is 1.56. The smallest absolute Gasteiger partial charge is 0.298 e. The summed E-state index contributed by atoms with van der Waals surface area (Å²) in [4.78, 5) is 26.9. The number of hydrogen-bond donors (Lipinski definition) is 0. The lowest BCUT2D eigenvalue weighted by Gasteiger charge is -2.14. The lowest BCUT2D eigenvalue weighted by Crippen LogP contribution is -2.27. The molecule has 5 nitrogen and oxygen atoms in total. The Labute approximate surface area is 209 Å². The number of thioether (sulfide) groups is 1. The molecule has 0 radical (unpaired) electrons. The third kappa shape index (κ3) is 5.27. The fraction of sp³-hybridized carbons (Fsp3) is 0.120. The van der Waals surface area contributed by atoms with E-state index in [-0.39, 0.29) is 5.24 Å². The van der Waals surface area contributed by atoms with Gasteiger partial charge >= 0.3 is 0 Å². The average molecular weight is 545 g/mol. The normalized spacial score (nSPS) is 14.8. The van der Waals surface area contributed by atoms with Crippen LogP contribution in [0.25, 0.3) is 6.08 Å². The number of anilines is 1. The molecule has 2 amide bonds. The fourth-order valence-electron chi connectivity index (χ4n) is 3.34. The first-order chi connectivity index (χ1) is 15.9. The minimum Gasteiger partial charge on any atom is -0.493 e. The fourth-order valence-corrected chi connectivity index (χ4v) is 4.80. The number of ether oxygens (including phenoxy) is 2. The third-order valence-corrected chi connectivity index (χ3v) is 6.70. The lowest BCUT2D eigenvalue weighted by molar-refractivity contribution is -0.113. The number of methoxy groups -OCH3 is 1. The highest BCUT2D eigenvalue weighted by Crippen LogP contribution is 2.40. The number of halogens is 2. The maximum atomic E-state index is 13.0. The van der Waals surface area contributed by atoms with E-state index in [0.717, 1.165) is 27.8 Å². The van der Waals surface area contributed by atoms with Crippen LogP contribution in [0, 0.1) is 6.92 Å². The number of hydrogen-bond acceptors (Lipinski definition) is 5. The number of benzene rings is 3. The van der Waals surface area contributed by atoms with Crippen LogP contribution in [-0.2, 0) is 11.4 Å². The Morgan fingerprint density at radius 2 is 1.85 bits per heavy atom. The van der Waals surface area contributed by atoms with Crippen molar-refractivity contribution in [1.82, 2.24) is 0 Å². The number of aryl methyl sites for hydroxylation is 1. The van der Waals surface area contributed by atoms with Gasteiger partial charge in [0.2, 0.25) is 0 Å². The first-order valence-electron chi connectivity index (χ1n) is 9.95. The lowest BCUT2D eigenvalue weighted by atomic mass is 10.1. The Balaban J connectivity index is 1.59. The minimum absolute atomic E-state index is 0.302. The van der Waals surface area contributed by atoms with E-state index in [4.69, 9.17) is 21.1 Å². The number of carbonyl (C=O) groups excluding carboxylic acids is 2. The van der Waals surface area contributed by atoms with Crippen molar-refractivity contribution in [2.75, 3.05) is 12.0 Å². The molecule has 1 fully saturated rings. The van der Waals surface area contributed by atoms with Crippen molar-refractivity contribution >= 4 is 62.2 Å². The number of rotatable bonds is 6. The summed E-state index contributed by atoms with van der Waals surface area (Å²) in [6, 6.07) is 18.3. The van der Waals surface area contributed by atoms with Gasteiger partial charge in [-0.2, -0.15) is 0 Å². The standard InChI is InChI=1S/C25H19BrClNO4S/c1-15-5-3-6-16(9-15)14-32-22-13-20(26)17(10-21(22)31-2)11-23-24(29)28(25(30)33-23)19-8-4-7-18(27)12-19/h3-13H,14H2,1-2H3/b23-11+. The van der Waals surface area contributed by atoms with Gasteiger partial charge in [-0.3, -0.25) is 9.59 Å². The second kappa shape index (κ2) is 10.0. The van der Waals surface area contributed by atoms with Crippen molar-refractivity contribution in [1.29, 1.82) is 0 Å². The van der Waals surface area contributed by atoms with Gasteiger partial charge in [0.1, 0.15) is 6.61 Å². The molecule has 3 aromatic carbocycles. The second-order valence-corrected chi connectivity index (χ2v) is 9.58.